The molecule has 3 N–H and O–H groups in total. The number of hydrogen-bond donors (Lipinski definition) is 3. The van der Waals surface area contributed by atoms with Gasteiger partial charge in [-0.05, 0) is 6.92 Å². The quantitative estimate of drug-likeness (QED) is 0.638. The molecule has 1 aromatic heterocycles. The number of nitrogens with zero attached hydrogens (tertiary/aromatic N) is 1. The molecule has 0 radical (unpaired) electrons. The van der Waals surface area contributed by atoms with Crippen LogP contribution >= 0.6 is 0 Å². The summed E-state index contributed by atoms with van der Waals surface area (Å²) in [6, 6.07) is 0. The smallest absolute Gasteiger partial charge is 0.356 e. The summed E-state index contributed by atoms with van der Waals surface area (Å²) in [7, 11) is 0. The first-order valence-corrected chi connectivity index (χ1v) is 4.04. The van der Waals surface area contributed by atoms with Crippen molar-refractivity contribution in [3.05, 3.63) is 17.0 Å². The van der Waals surface area contributed by atoms with Crippen molar-refractivity contribution >= 4 is 11.9 Å². The van der Waals surface area contributed by atoms with E-state index < -0.39 is 5.97 Å². The Morgan fingerprint density at radius 1 is 1.57 bits per heavy atom. The molecule has 0 aliphatic carbocycles. The highest BCUT2D eigenvalue weighted by Gasteiger charge is 2.14. The first-order chi connectivity index (χ1) is 6.52. The van der Waals surface area contributed by atoms with Crippen LogP contribution in [0.1, 0.15) is 28.7 Å². The molecular formula is C8H11N3O3. The molecule has 0 aromatic carbocycles. The Bertz CT molecular complexity index is 370. The number of hydrogen-bond acceptors (Lipinski definition) is 3. The molecule has 0 aliphatic rings. The number of aromatic nitrogens is 2. The Morgan fingerprint density at radius 2 is 2.21 bits per heavy atom. The highest BCUT2D eigenvalue weighted by Crippen LogP contribution is 2.08. The van der Waals surface area contributed by atoms with Crippen LogP contribution in [0.25, 0.3) is 0 Å². The summed E-state index contributed by atoms with van der Waals surface area (Å²) in [5, 5.41) is 17.4. The van der Waals surface area contributed by atoms with Gasteiger partial charge in [-0.15, -0.1) is 0 Å². The number of carboxylic acid groups (broad SMARTS) is 1. The van der Waals surface area contributed by atoms with Gasteiger partial charge in [-0.2, -0.15) is 5.10 Å². The van der Waals surface area contributed by atoms with E-state index in [4.69, 9.17) is 5.11 Å². The maximum absolute atomic E-state index is 10.6. The average Bonchev–Trinajstić information content (AvgIpc) is 2.43. The van der Waals surface area contributed by atoms with Crippen molar-refractivity contribution in [3.8, 4) is 0 Å². The van der Waals surface area contributed by atoms with E-state index in [0.29, 0.717) is 11.3 Å². The van der Waals surface area contributed by atoms with Gasteiger partial charge in [0, 0.05) is 12.5 Å². The van der Waals surface area contributed by atoms with Crippen LogP contribution in [-0.4, -0.2) is 27.2 Å². The summed E-state index contributed by atoms with van der Waals surface area (Å²) in [6.45, 7) is 3.30. The number of aromatic carboxylic acids is 1. The minimum absolute atomic E-state index is 0.00893. The molecule has 0 bridgehead atoms. The van der Waals surface area contributed by atoms with Crippen molar-refractivity contribution in [1.82, 2.24) is 15.5 Å². The largest absolute Gasteiger partial charge is 0.476 e. The van der Waals surface area contributed by atoms with Crippen LogP contribution in [0.2, 0.25) is 0 Å². The van der Waals surface area contributed by atoms with Gasteiger partial charge in [-0.1, -0.05) is 0 Å². The minimum Gasteiger partial charge on any atom is -0.476 e. The maximum Gasteiger partial charge on any atom is 0.356 e. The van der Waals surface area contributed by atoms with Gasteiger partial charge in [0.05, 0.1) is 12.2 Å². The van der Waals surface area contributed by atoms with E-state index in [1.54, 1.807) is 6.92 Å². The Labute approximate surface area is 80.3 Å². The fourth-order valence-corrected chi connectivity index (χ4v) is 1.03. The monoisotopic (exact) mass is 197 g/mol. The van der Waals surface area contributed by atoms with E-state index in [0.717, 1.165) is 0 Å². The van der Waals surface area contributed by atoms with Crippen molar-refractivity contribution in [1.29, 1.82) is 0 Å². The predicted octanol–water partition coefficient (Wildman–Crippen LogP) is 0.0524. The molecular weight excluding hydrogens is 186 g/mol. The van der Waals surface area contributed by atoms with E-state index in [-0.39, 0.29) is 18.1 Å². The van der Waals surface area contributed by atoms with Crippen molar-refractivity contribution < 1.29 is 14.7 Å². The third-order valence-corrected chi connectivity index (χ3v) is 1.83. The van der Waals surface area contributed by atoms with Gasteiger partial charge in [0.1, 0.15) is 0 Å². The van der Waals surface area contributed by atoms with E-state index >= 15 is 0 Å². The molecule has 6 nitrogen and oxygen atoms in total. The van der Waals surface area contributed by atoms with Gasteiger partial charge in [-0.3, -0.25) is 9.89 Å². The molecule has 1 rings (SSSR count). The predicted molar refractivity (Wildman–Crippen MR) is 47.8 cm³/mol. The number of carbonyl (C=O) groups excluding carboxylic acids is 1. The normalized spacial score (nSPS) is 9.86. The number of H-pyrrole nitrogens is 1. The van der Waals surface area contributed by atoms with Gasteiger partial charge in [0.2, 0.25) is 5.91 Å². The SMILES string of the molecule is CC(=O)NCc1[nH]nc(C(=O)O)c1C. The Morgan fingerprint density at radius 3 is 2.64 bits per heavy atom. The van der Waals surface area contributed by atoms with Gasteiger partial charge < -0.3 is 10.4 Å². The molecule has 76 valence electrons. The summed E-state index contributed by atoms with van der Waals surface area (Å²) < 4.78 is 0. The topological polar surface area (TPSA) is 95.1 Å². The molecule has 0 saturated carbocycles. The molecule has 0 atom stereocenters. The van der Waals surface area contributed by atoms with Crippen LogP contribution in [0.3, 0.4) is 0 Å². The lowest BCUT2D eigenvalue weighted by Gasteiger charge is -1.99. The molecule has 1 aromatic rings. The highest BCUT2D eigenvalue weighted by molar-refractivity contribution is 5.87. The Kier molecular flexibility index (Phi) is 2.85. The second kappa shape index (κ2) is 3.91. The molecule has 0 unspecified atom stereocenters. The standard InChI is InChI=1S/C8H11N3O3/c1-4-6(3-9-5(2)12)10-11-7(4)8(13)14/h3H2,1-2H3,(H,9,12)(H,10,11)(H,13,14). The van der Waals surface area contributed by atoms with E-state index in [2.05, 4.69) is 15.5 Å². The first-order valence-electron chi connectivity index (χ1n) is 4.04. The number of amides is 1. The van der Waals surface area contributed by atoms with Crippen LogP contribution < -0.4 is 5.32 Å². The van der Waals surface area contributed by atoms with Gasteiger partial charge in [-0.25, -0.2) is 4.79 Å². The third-order valence-electron chi connectivity index (χ3n) is 1.83. The first kappa shape index (κ1) is 10.2. The lowest BCUT2D eigenvalue weighted by atomic mass is 10.2. The zero-order valence-electron chi connectivity index (χ0n) is 7.92. The summed E-state index contributed by atoms with van der Waals surface area (Å²) in [4.78, 5) is 21.2. The zero-order valence-corrected chi connectivity index (χ0v) is 7.92. The molecule has 1 amide bonds. The molecule has 6 heteroatoms. The molecule has 0 fully saturated rings. The zero-order chi connectivity index (χ0) is 10.7. The lowest BCUT2D eigenvalue weighted by Crippen LogP contribution is -2.19. The van der Waals surface area contributed by atoms with Crippen LogP contribution in [0.15, 0.2) is 0 Å². The van der Waals surface area contributed by atoms with Crippen molar-refractivity contribution in [2.75, 3.05) is 0 Å². The molecule has 0 saturated heterocycles. The molecule has 0 spiro atoms. The van der Waals surface area contributed by atoms with E-state index in [1.807, 2.05) is 0 Å². The summed E-state index contributed by atoms with van der Waals surface area (Å²) in [6.07, 6.45) is 0. The molecule has 0 aliphatic heterocycles. The summed E-state index contributed by atoms with van der Waals surface area (Å²) in [5.74, 6) is -1.25. The number of carboxylic acids is 1. The fraction of sp³-hybridized carbons (Fsp3) is 0.375. The Balaban J connectivity index is 2.79. The van der Waals surface area contributed by atoms with Crippen LogP contribution in [0.4, 0.5) is 0 Å². The van der Waals surface area contributed by atoms with Gasteiger partial charge in [0.15, 0.2) is 5.69 Å². The van der Waals surface area contributed by atoms with Crippen molar-refractivity contribution in [2.45, 2.75) is 20.4 Å². The van der Waals surface area contributed by atoms with Gasteiger partial charge >= 0.3 is 5.97 Å². The summed E-state index contributed by atoms with van der Waals surface area (Å²) in [5.41, 5.74) is 1.15. The maximum atomic E-state index is 10.6. The third kappa shape index (κ3) is 2.09. The second-order valence-corrected chi connectivity index (χ2v) is 2.89. The summed E-state index contributed by atoms with van der Waals surface area (Å²) >= 11 is 0. The van der Waals surface area contributed by atoms with Crippen molar-refractivity contribution in [2.24, 2.45) is 0 Å². The van der Waals surface area contributed by atoms with Crippen LogP contribution in [0, 0.1) is 6.92 Å². The van der Waals surface area contributed by atoms with Crippen molar-refractivity contribution in [3.63, 3.8) is 0 Å². The van der Waals surface area contributed by atoms with Crippen LogP contribution in [0.5, 0.6) is 0 Å². The van der Waals surface area contributed by atoms with E-state index in [9.17, 15) is 9.59 Å². The number of nitrogens with one attached hydrogen (secondary N) is 2. The number of aromatic amines is 1. The van der Waals surface area contributed by atoms with Gasteiger partial charge in [0.25, 0.3) is 0 Å². The molecule has 14 heavy (non-hydrogen) atoms. The highest BCUT2D eigenvalue weighted by atomic mass is 16.4. The Hall–Kier alpha value is -1.85. The lowest BCUT2D eigenvalue weighted by molar-refractivity contribution is -0.119. The van der Waals surface area contributed by atoms with Crippen LogP contribution in [-0.2, 0) is 11.3 Å². The number of rotatable bonds is 3. The second-order valence-electron chi connectivity index (χ2n) is 2.89. The molecule has 1 heterocycles. The fourth-order valence-electron chi connectivity index (χ4n) is 1.03. The number of carbonyl (C=O) groups is 2. The average molecular weight is 197 g/mol. The van der Waals surface area contributed by atoms with E-state index in [1.165, 1.54) is 6.92 Å². The minimum atomic E-state index is -1.08.